The van der Waals surface area contributed by atoms with Gasteiger partial charge in [0.2, 0.25) is 10.0 Å². The van der Waals surface area contributed by atoms with Crippen LogP contribution in [0, 0.1) is 11.6 Å². The Balaban J connectivity index is 1.75. The highest BCUT2D eigenvalue weighted by molar-refractivity contribution is 7.89. The van der Waals surface area contributed by atoms with E-state index in [1.807, 2.05) is 0 Å². The fourth-order valence-electron chi connectivity index (χ4n) is 3.19. The van der Waals surface area contributed by atoms with Gasteiger partial charge in [0.25, 0.3) is 5.91 Å². The minimum Gasteiger partial charge on any atom is -0.319 e. The fourth-order valence-corrected chi connectivity index (χ4v) is 4.61. The number of anilines is 1. The Labute approximate surface area is 157 Å². The molecule has 5 nitrogen and oxygen atoms in total. The third-order valence-corrected chi connectivity index (χ3v) is 6.74. The predicted molar refractivity (Wildman–Crippen MR) is 98.0 cm³/mol. The molecule has 3 rings (SSSR count). The summed E-state index contributed by atoms with van der Waals surface area (Å²) in [6, 6.07) is 8.28. The summed E-state index contributed by atoms with van der Waals surface area (Å²) < 4.78 is 53.4. The second-order valence-corrected chi connectivity index (χ2v) is 8.56. The van der Waals surface area contributed by atoms with Crippen molar-refractivity contribution >= 4 is 21.6 Å². The van der Waals surface area contributed by atoms with Crippen molar-refractivity contribution in [1.82, 2.24) is 4.31 Å². The van der Waals surface area contributed by atoms with Crippen LogP contribution >= 0.6 is 0 Å². The van der Waals surface area contributed by atoms with E-state index < -0.39 is 27.6 Å². The zero-order valence-electron chi connectivity index (χ0n) is 14.8. The first-order valence-electron chi connectivity index (χ1n) is 8.63. The van der Waals surface area contributed by atoms with Crippen molar-refractivity contribution in [3.8, 4) is 0 Å². The molecule has 0 aromatic heterocycles. The van der Waals surface area contributed by atoms with Crippen molar-refractivity contribution in [2.24, 2.45) is 0 Å². The van der Waals surface area contributed by atoms with Crippen molar-refractivity contribution in [3.63, 3.8) is 0 Å². The number of sulfonamides is 1. The van der Waals surface area contributed by atoms with Crippen LogP contribution in [0.5, 0.6) is 0 Å². The molecule has 0 unspecified atom stereocenters. The molecule has 1 saturated carbocycles. The van der Waals surface area contributed by atoms with E-state index in [2.05, 4.69) is 5.32 Å². The molecule has 0 spiro atoms. The lowest BCUT2D eigenvalue weighted by atomic mass is 10.2. The number of carbonyl (C=O) groups excluding carboxylic acids is 1. The fraction of sp³-hybridized carbons (Fsp3) is 0.316. The van der Waals surface area contributed by atoms with Crippen molar-refractivity contribution < 1.29 is 22.0 Å². The molecular formula is C19H20F2N2O3S. The molecule has 0 heterocycles. The molecule has 1 fully saturated rings. The van der Waals surface area contributed by atoms with Gasteiger partial charge >= 0.3 is 0 Å². The summed E-state index contributed by atoms with van der Waals surface area (Å²) in [5.74, 6) is -2.25. The first-order valence-corrected chi connectivity index (χ1v) is 10.1. The van der Waals surface area contributed by atoms with E-state index in [-0.39, 0.29) is 22.2 Å². The number of nitrogens with one attached hydrogen (secondary N) is 1. The molecule has 2 aromatic carbocycles. The second kappa shape index (κ2) is 7.74. The van der Waals surface area contributed by atoms with E-state index in [1.54, 1.807) is 7.05 Å². The summed E-state index contributed by atoms with van der Waals surface area (Å²) in [4.78, 5) is 12.3. The lowest BCUT2D eigenvalue weighted by molar-refractivity contribution is 0.102. The van der Waals surface area contributed by atoms with Crippen molar-refractivity contribution in [2.75, 3.05) is 12.4 Å². The Hall–Kier alpha value is -2.32. The Kier molecular flexibility index (Phi) is 5.57. The summed E-state index contributed by atoms with van der Waals surface area (Å²) >= 11 is 0. The summed E-state index contributed by atoms with van der Waals surface area (Å²) in [7, 11) is -2.06. The molecule has 1 aliphatic carbocycles. The maximum Gasteiger partial charge on any atom is 0.255 e. The number of rotatable bonds is 5. The predicted octanol–water partition coefficient (Wildman–Crippen LogP) is 3.78. The van der Waals surface area contributed by atoms with E-state index in [9.17, 15) is 22.0 Å². The lowest BCUT2D eigenvalue weighted by Gasteiger charge is -2.23. The third kappa shape index (κ3) is 4.17. The Morgan fingerprint density at radius 3 is 2.30 bits per heavy atom. The first kappa shape index (κ1) is 19.4. The van der Waals surface area contributed by atoms with Crippen LogP contribution in [0.3, 0.4) is 0 Å². The lowest BCUT2D eigenvalue weighted by Crippen LogP contribution is -2.35. The van der Waals surface area contributed by atoms with Gasteiger partial charge in [-0.25, -0.2) is 17.2 Å². The van der Waals surface area contributed by atoms with Gasteiger partial charge in [0, 0.05) is 24.7 Å². The zero-order chi connectivity index (χ0) is 19.6. The van der Waals surface area contributed by atoms with Gasteiger partial charge < -0.3 is 5.32 Å². The molecular weight excluding hydrogens is 374 g/mol. The molecule has 1 aliphatic rings. The molecule has 0 aliphatic heterocycles. The van der Waals surface area contributed by atoms with E-state index in [1.165, 1.54) is 28.6 Å². The minimum absolute atomic E-state index is 0.000531. The Bertz CT molecular complexity index is 940. The SMILES string of the molecule is CN(C1CCCC1)S(=O)(=O)c1ccc(C(=O)Nc2ccc(F)cc2F)cc1. The molecule has 0 bridgehead atoms. The topological polar surface area (TPSA) is 66.5 Å². The highest BCUT2D eigenvalue weighted by Crippen LogP contribution is 2.27. The van der Waals surface area contributed by atoms with Crippen molar-refractivity contribution in [1.29, 1.82) is 0 Å². The van der Waals surface area contributed by atoms with Crippen molar-refractivity contribution in [3.05, 3.63) is 59.7 Å². The van der Waals surface area contributed by atoms with Gasteiger partial charge in [-0.05, 0) is 49.2 Å². The largest absolute Gasteiger partial charge is 0.319 e. The monoisotopic (exact) mass is 394 g/mol. The summed E-state index contributed by atoms with van der Waals surface area (Å²) in [5.41, 5.74) is 0.0141. The van der Waals surface area contributed by atoms with Crippen LogP contribution in [0.2, 0.25) is 0 Å². The van der Waals surface area contributed by atoms with Crippen LogP contribution in [-0.2, 0) is 10.0 Å². The molecule has 27 heavy (non-hydrogen) atoms. The summed E-state index contributed by atoms with van der Waals surface area (Å²) in [5, 5.41) is 2.34. The van der Waals surface area contributed by atoms with Crippen LogP contribution in [0.25, 0.3) is 0 Å². The number of hydrogen-bond acceptors (Lipinski definition) is 3. The van der Waals surface area contributed by atoms with Gasteiger partial charge in [0.05, 0.1) is 10.6 Å². The molecule has 2 aromatic rings. The maximum absolute atomic E-state index is 13.6. The average molecular weight is 394 g/mol. The number of nitrogens with zero attached hydrogens (tertiary/aromatic N) is 1. The van der Waals surface area contributed by atoms with Crippen LogP contribution in [-0.4, -0.2) is 31.7 Å². The average Bonchev–Trinajstić information content (AvgIpc) is 3.18. The van der Waals surface area contributed by atoms with E-state index >= 15 is 0 Å². The molecule has 8 heteroatoms. The van der Waals surface area contributed by atoms with Gasteiger partial charge in [-0.1, -0.05) is 12.8 Å². The maximum atomic E-state index is 13.6. The summed E-state index contributed by atoms with van der Waals surface area (Å²) in [6.45, 7) is 0. The van der Waals surface area contributed by atoms with Crippen LogP contribution in [0.15, 0.2) is 47.4 Å². The van der Waals surface area contributed by atoms with Gasteiger partial charge in [-0.3, -0.25) is 4.79 Å². The Morgan fingerprint density at radius 1 is 1.07 bits per heavy atom. The van der Waals surface area contributed by atoms with Gasteiger partial charge in [-0.2, -0.15) is 4.31 Å². The molecule has 0 saturated heterocycles. The van der Waals surface area contributed by atoms with Gasteiger partial charge in [-0.15, -0.1) is 0 Å². The van der Waals surface area contributed by atoms with E-state index in [4.69, 9.17) is 0 Å². The molecule has 0 atom stereocenters. The number of benzene rings is 2. The highest BCUT2D eigenvalue weighted by atomic mass is 32.2. The number of carbonyl (C=O) groups is 1. The van der Waals surface area contributed by atoms with E-state index in [0.717, 1.165) is 37.8 Å². The molecule has 144 valence electrons. The Morgan fingerprint density at radius 2 is 1.70 bits per heavy atom. The van der Waals surface area contributed by atoms with Crippen LogP contribution in [0.4, 0.5) is 14.5 Å². The quantitative estimate of drug-likeness (QED) is 0.839. The van der Waals surface area contributed by atoms with Crippen molar-refractivity contribution in [2.45, 2.75) is 36.6 Å². The molecule has 1 N–H and O–H groups in total. The summed E-state index contributed by atoms with van der Waals surface area (Å²) in [6.07, 6.45) is 3.73. The minimum atomic E-state index is -3.64. The standard InChI is InChI=1S/C19H20F2N2O3S/c1-23(15-4-2-3-5-15)27(25,26)16-9-6-13(7-10-16)19(24)22-18-11-8-14(20)12-17(18)21/h6-12,15H,2-5H2,1H3,(H,22,24). The second-order valence-electron chi connectivity index (χ2n) is 6.56. The molecule has 0 radical (unpaired) electrons. The zero-order valence-corrected chi connectivity index (χ0v) is 15.6. The molecule has 1 amide bonds. The van der Waals surface area contributed by atoms with Crippen LogP contribution in [0.1, 0.15) is 36.0 Å². The van der Waals surface area contributed by atoms with Gasteiger partial charge in [0.1, 0.15) is 11.6 Å². The third-order valence-electron chi connectivity index (χ3n) is 4.81. The van der Waals surface area contributed by atoms with Gasteiger partial charge in [0.15, 0.2) is 0 Å². The number of halogens is 2. The first-order chi connectivity index (χ1) is 12.8. The highest BCUT2D eigenvalue weighted by Gasteiger charge is 2.30. The van der Waals surface area contributed by atoms with Crippen LogP contribution < -0.4 is 5.32 Å². The number of hydrogen-bond donors (Lipinski definition) is 1. The van der Waals surface area contributed by atoms with E-state index in [0.29, 0.717) is 6.07 Å². The smallest absolute Gasteiger partial charge is 0.255 e. The normalized spacial score (nSPS) is 15.3. The number of amides is 1.